The van der Waals surface area contributed by atoms with E-state index in [1.54, 1.807) is 39.8 Å². The van der Waals surface area contributed by atoms with Gasteiger partial charge in [0.25, 0.3) is 5.56 Å². The number of pyridine rings is 2. The largest absolute Gasteiger partial charge is 0.458 e. The summed E-state index contributed by atoms with van der Waals surface area (Å²) < 4.78 is 44.7. The normalized spacial score (nSPS) is 15.5. The molecule has 4 amide bonds. The van der Waals surface area contributed by atoms with Crippen LogP contribution in [0.1, 0.15) is 99.1 Å². The number of hydrogen-bond acceptors (Lipinski definition) is 14. The second-order valence-corrected chi connectivity index (χ2v) is 20.1. The average molecular weight is 996 g/mol. The van der Waals surface area contributed by atoms with Crippen LogP contribution in [-0.2, 0) is 57.3 Å². The summed E-state index contributed by atoms with van der Waals surface area (Å²) in [6.07, 6.45) is 5.88. The number of cyclic esters (lactones) is 1. The van der Waals surface area contributed by atoms with E-state index in [0.29, 0.717) is 58.3 Å². The lowest BCUT2D eigenvalue weighted by Gasteiger charge is -2.31. The van der Waals surface area contributed by atoms with Gasteiger partial charge >= 0.3 is 5.97 Å². The van der Waals surface area contributed by atoms with E-state index in [9.17, 15) is 46.7 Å². The Bertz CT molecular complexity index is 3060. The second kappa shape index (κ2) is 22.8. The standard InChI is InChI=1S/C50H58FN9O10S/c1-8-50(67)36-22-40-44-34(27-60(40)47(65)35(36)28-70-48(50)66)32(33-21-30(4)37(51)23-39(33)56-44)16-14-19-52-42(62)26-53-45(63)38(17-12-13-20-59(5)6)57-46(64)43(29(2)3)58-41(61)18-11-9-10-15-31-24-54-49(55-25-31)71(7,68)69/h21-25,29,38,43,67H,8-9,11-13,17-20,26-28H2,1-7H3,(H,52,62)(H,53,63)(H,57,64)(H,58,61)/t38-,43-,50-/m0/s1. The van der Waals surface area contributed by atoms with E-state index in [1.165, 1.54) is 23.0 Å². The number of sulfone groups is 1. The van der Waals surface area contributed by atoms with Crippen molar-refractivity contribution >= 4 is 50.3 Å². The van der Waals surface area contributed by atoms with Crippen LogP contribution in [0.15, 0.2) is 40.5 Å². The van der Waals surface area contributed by atoms with Gasteiger partial charge in [0.1, 0.15) is 24.5 Å². The van der Waals surface area contributed by atoms with Crippen molar-refractivity contribution in [2.45, 2.75) is 109 Å². The van der Waals surface area contributed by atoms with Crippen LogP contribution in [0.3, 0.4) is 0 Å². The minimum Gasteiger partial charge on any atom is -0.458 e. The third kappa shape index (κ3) is 12.6. The lowest BCUT2D eigenvalue weighted by molar-refractivity contribution is -0.172. The lowest BCUT2D eigenvalue weighted by Crippen LogP contribution is -2.56. The highest BCUT2D eigenvalue weighted by Gasteiger charge is 2.45. The van der Waals surface area contributed by atoms with Gasteiger partial charge in [0.2, 0.25) is 38.6 Å². The highest BCUT2D eigenvalue weighted by Crippen LogP contribution is 2.40. The molecule has 0 radical (unpaired) electrons. The summed E-state index contributed by atoms with van der Waals surface area (Å²) >= 11 is 0. The number of rotatable bonds is 18. The van der Waals surface area contributed by atoms with E-state index < -0.39 is 75.0 Å². The molecular weight excluding hydrogens is 938 g/mol. The van der Waals surface area contributed by atoms with Crippen molar-refractivity contribution in [1.82, 2.24) is 45.7 Å². The zero-order valence-corrected chi connectivity index (χ0v) is 41.6. The number of benzene rings is 1. The summed E-state index contributed by atoms with van der Waals surface area (Å²) in [7, 11) is 0.297. The van der Waals surface area contributed by atoms with Gasteiger partial charge in [-0.1, -0.05) is 44.5 Å². The number of hydrogen-bond donors (Lipinski definition) is 5. The minimum atomic E-state index is -3.54. The molecule has 3 aromatic heterocycles. The fourth-order valence-electron chi connectivity index (χ4n) is 8.14. The van der Waals surface area contributed by atoms with Crippen molar-refractivity contribution in [2.24, 2.45) is 5.92 Å². The molecule has 21 heteroatoms. The summed E-state index contributed by atoms with van der Waals surface area (Å²) in [5, 5.41) is 22.3. The van der Waals surface area contributed by atoms with E-state index in [0.717, 1.165) is 19.2 Å². The Kier molecular flexibility index (Phi) is 17.1. The van der Waals surface area contributed by atoms with E-state index in [2.05, 4.69) is 54.9 Å². The van der Waals surface area contributed by atoms with Crippen LogP contribution in [0.25, 0.3) is 22.3 Å². The molecule has 0 aliphatic carbocycles. The molecule has 0 bridgehead atoms. The van der Waals surface area contributed by atoms with Gasteiger partial charge in [-0.05, 0) is 83.3 Å². The summed E-state index contributed by atoms with van der Waals surface area (Å²) in [5.74, 6) is 7.90. The van der Waals surface area contributed by atoms with Crippen LogP contribution in [0, 0.1) is 42.3 Å². The summed E-state index contributed by atoms with van der Waals surface area (Å²) in [5.41, 5.74) is 0.406. The Labute approximate surface area is 411 Å². The predicted molar refractivity (Wildman–Crippen MR) is 259 cm³/mol. The highest BCUT2D eigenvalue weighted by molar-refractivity contribution is 7.90. The van der Waals surface area contributed by atoms with Crippen LogP contribution in [-0.4, -0.2) is 120 Å². The van der Waals surface area contributed by atoms with Gasteiger partial charge in [0, 0.05) is 59.6 Å². The van der Waals surface area contributed by atoms with Crippen LogP contribution in [0.5, 0.6) is 0 Å². The number of ether oxygens (including phenoxy) is 1. The Morgan fingerprint density at radius 3 is 2.38 bits per heavy atom. The molecule has 5 N–H and O–H groups in total. The Balaban J connectivity index is 1.09. The molecule has 0 fully saturated rings. The summed E-state index contributed by atoms with van der Waals surface area (Å²) in [6.45, 7) is 6.58. The number of esters is 1. The highest BCUT2D eigenvalue weighted by atomic mass is 32.2. The minimum absolute atomic E-state index is 0.0384. The van der Waals surface area contributed by atoms with Gasteiger partial charge < -0.3 is 40.6 Å². The number of unbranched alkanes of at least 4 members (excludes halogenated alkanes) is 2. The lowest BCUT2D eigenvalue weighted by atomic mass is 9.86. The van der Waals surface area contributed by atoms with Gasteiger partial charge in [-0.25, -0.2) is 32.6 Å². The number of amides is 4. The van der Waals surface area contributed by atoms with Gasteiger partial charge in [-0.15, -0.1) is 0 Å². The van der Waals surface area contributed by atoms with Gasteiger partial charge in [-0.2, -0.15) is 0 Å². The van der Waals surface area contributed by atoms with Crippen molar-refractivity contribution in [2.75, 3.05) is 40.0 Å². The van der Waals surface area contributed by atoms with Crippen molar-refractivity contribution in [3.63, 3.8) is 0 Å². The number of nitrogens with zero attached hydrogens (tertiary/aromatic N) is 5. The average Bonchev–Trinajstić information content (AvgIpc) is 3.69. The molecule has 2 aliphatic rings. The molecule has 71 heavy (non-hydrogen) atoms. The number of carbonyl (C=O) groups is 5. The van der Waals surface area contributed by atoms with Crippen molar-refractivity contribution in [1.29, 1.82) is 0 Å². The summed E-state index contributed by atoms with van der Waals surface area (Å²) in [6, 6.07) is 2.43. The number of aromatic nitrogens is 4. The Hall–Kier alpha value is -7.07. The number of carbonyl (C=O) groups excluding carboxylic acids is 5. The van der Waals surface area contributed by atoms with Crippen molar-refractivity contribution in [3.05, 3.63) is 80.1 Å². The molecule has 0 saturated carbocycles. The number of aliphatic hydroxyl groups is 1. The first-order chi connectivity index (χ1) is 33.6. The smallest absolute Gasteiger partial charge is 0.343 e. The molecule has 5 heterocycles. The van der Waals surface area contributed by atoms with Crippen molar-refractivity contribution in [3.8, 4) is 35.1 Å². The van der Waals surface area contributed by atoms with E-state index in [4.69, 9.17) is 9.72 Å². The zero-order chi connectivity index (χ0) is 51.8. The van der Waals surface area contributed by atoms with Gasteiger partial charge in [0.05, 0.1) is 47.7 Å². The fraction of sp³-hybridized carbons (Fsp3) is 0.460. The van der Waals surface area contributed by atoms with Crippen LogP contribution >= 0.6 is 0 Å². The molecule has 1 aromatic carbocycles. The molecule has 6 rings (SSSR count). The predicted octanol–water partition coefficient (Wildman–Crippen LogP) is 1.88. The SMILES string of the molecule is CC[C@@]1(O)C(=O)OCc2c1cc1n(c2=O)Cc2c-1nc1cc(F)c(C)cc1c2C#CCNC(=O)CNC(=O)[C@H](CCCCN(C)C)NC(=O)[C@@H](NC(=O)CCCC#Cc1cnc(S(C)(=O)=O)nc1)C(C)C. The molecule has 376 valence electrons. The molecule has 19 nitrogen and oxygen atoms in total. The van der Waals surface area contributed by atoms with Crippen LogP contribution < -0.4 is 26.8 Å². The van der Waals surface area contributed by atoms with Crippen molar-refractivity contribution < 1.29 is 46.6 Å². The number of aryl methyl sites for hydroxylation is 1. The summed E-state index contributed by atoms with van der Waals surface area (Å²) in [4.78, 5) is 94.1. The van der Waals surface area contributed by atoms with Crippen LogP contribution in [0.4, 0.5) is 4.39 Å². The maximum atomic E-state index is 14.9. The molecule has 0 saturated heterocycles. The third-order valence-corrected chi connectivity index (χ3v) is 13.0. The third-order valence-electron chi connectivity index (χ3n) is 12.1. The van der Waals surface area contributed by atoms with Gasteiger partial charge in [-0.3, -0.25) is 24.0 Å². The number of fused-ring (bicyclic) bond motifs is 5. The number of nitrogens with one attached hydrogen (secondary N) is 4. The van der Waals surface area contributed by atoms with E-state index >= 15 is 0 Å². The van der Waals surface area contributed by atoms with Gasteiger partial charge in [0.15, 0.2) is 5.60 Å². The topological polar surface area (TPSA) is 261 Å². The molecular formula is C50H58FN9O10S. The zero-order valence-electron chi connectivity index (χ0n) is 40.7. The van der Waals surface area contributed by atoms with E-state index in [-0.39, 0.29) is 66.7 Å². The van der Waals surface area contributed by atoms with Crippen LogP contribution in [0.2, 0.25) is 0 Å². The quantitative estimate of drug-likeness (QED) is 0.0364. The maximum Gasteiger partial charge on any atom is 0.343 e. The molecule has 0 unspecified atom stereocenters. The molecule has 2 aliphatic heterocycles. The molecule has 4 aromatic rings. The fourth-order valence-corrected chi connectivity index (χ4v) is 8.63. The van der Waals surface area contributed by atoms with E-state index in [1.807, 2.05) is 19.0 Å². The Morgan fingerprint density at radius 2 is 1.70 bits per heavy atom. The maximum absolute atomic E-state index is 14.9. The molecule has 3 atom stereocenters. The monoisotopic (exact) mass is 995 g/mol. The first-order valence-corrected chi connectivity index (χ1v) is 25.1. The first kappa shape index (κ1) is 53.3. The second-order valence-electron chi connectivity index (χ2n) is 18.2. The molecule has 0 spiro atoms. The Morgan fingerprint density at radius 1 is 0.972 bits per heavy atom. The first-order valence-electron chi connectivity index (χ1n) is 23.2. The number of halogens is 1.